The van der Waals surface area contributed by atoms with Crippen molar-refractivity contribution in [3.63, 3.8) is 0 Å². The lowest BCUT2D eigenvalue weighted by Crippen LogP contribution is -2.37. The summed E-state index contributed by atoms with van der Waals surface area (Å²) in [5.74, 6) is -4.35. The molecule has 0 spiro atoms. The van der Waals surface area contributed by atoms with Crippen LogP contribution < -0.4 is 0 Å². The van der Waals surface area contributed by atoms with Gasteiger partial charge in [0.15, 0.2) is 0 Å². The number of halogens is 4. The second-order valence-electron chi connectivity index (χ2n) is 7.37. The van der Waals surface area contributed by atoms with Crippen LogP contribution in [0.4, 0.5) is 13.2 Å². The van der Waals surface area contributed by atoms with E-state index in [1.807, 2.05) is 0 Å². The molecule has 2 N–H and O–H groups in total. The first-order valence-corrected chi connectivity index (χ1v) is 10.6. The van der Waals surface area contributed by atoms with Crippen molar-refractivity contribution in [1.82, 2.24) is 0 Å². The molecule has 8 nitrogen and oxygen atoms in total. The Balaban J connectivity index is 2.75. The van der Waals surface area contributed by atoms with E-state index in [0.29, 0.717) is 0 Å². The molecule has 0 aliphatic carbocycles. The van der Waals surface area contributed by atoms with Crippen molar-refractivity contribution in [2.24, 2.45) is 10.9 Å². The molecule has 0 saturated carbocycles. The number of aliphatic imine (C=N–C) groups is 1. The summed E-state index contributed by atoms with van der Waals surface area (Å²) in [7, 11) is 1.10. The van der Waals surface area contributed by atoms with Gasteiger partial charge in [-0.05, 0) is 25.5 Å². The number of aliphatic hydroxyl groups is 2. The van der Waals surface area contributed by atoms with E-state index in [1.165, 1.54) is 19.9 Å². The molecule has 1 aromatic carbocycles. The molecule has 0 radical (unpaired) electrons. The van der Waals surface area contributed by atoms with Gasteiger partial charge in [0.05, 0.1) is 55.4 Å². The molecule has 0 amide bonds. The number of hydrogen-bond donors (Lipinski definition) is 2. The van der Waals surface area contributed by atoms with E-state index >= 15 is 0 Å². The molecule has 1 aliphatic rings. The summed E-state index contributed by atoms with van der Waals surface area (Å²) in [6.45, 7) is 1.70. The van der Waals surface area contributed by atoms with Crippen molar-refractivity contribution in [2.75, 3.05) is 33.5 Å². The number of hydrogen-bond acceptors (Lipinski definition) is 8. The minimum atomic E-state index is -4.79. The molecule has 3 unspecified atom stereocenters. The Morgan fingerprint density at radius 1 is 1.29 bits per heavy atom. The van der Waals surface area contributed by atoms with E-state index in [9.17, 15) is 27.9 Å². The van der Waals surface area contributed by atoms with Gasteiger partial charge < -0.3 is 24.4 Å². The molecule has 1 aromatic rings. The quantitative estimate of drug-likeness (QED) is 0.494. The second kappa shape index (κ2) is 11.8. The Hall–Kier alpha value is -2.47. The Labute approximate surface area is 199 Å². The van der Waals surface area contributed by atoms with Crippen molar-refractivity contribution >= 4 is 29.3 Å². The van der Waals surface area contributed by atoms with E-state index in [-0.39, 0.29) is 42.4 Å². The summed E-state index contributed by atoms with van der Waals surface area (Å²) in [6, 6.07) is 3.19. The molecule has 0 aromatic heterocycles. The van der Waals surface area contributed by atoms with Crippen LogP contribution in [0.2, 0.25) is 5.02 Å². The van der Waals surface area contributed by atoms with Crippen molar-refractivity contribution in [2.45, 2.75) is 32.0 Å². The molecule has 3 atom stereocenters. The lowest BCUT2D eigenvalue weighted by Gasteiger charge is -2.32. The normalized spacial score (nSPS) is 19.5. The molecule has 1 aliphatic heterocycles. The molecule has 2 rings (SSSR count). The van der Waals surface area contributed by atoms with Gasteiger partial charge in [0.25, 0.3) is 0 Å². The smallest absolute Gasteiger partial charge is 0.417 e. The number of alkyl halides is 3. The molecular formula is C22H25ClF3NO7. The van der Waals surface area contributed by atoms with Crippen LogP contribution in [0.1, 0.15) is 30.9 Å². The van der Waals surface area contributed by atoms with Gasteiger partial charge in [-0.25, -0.2) is 4.79 Å². The lowest BCUT2D eigenvalue weighted by molar-refractivity contribution is -0.144. The fourth-order valence-corrected chi connectivity index (χ4v) is 3.97. The molecular weight excluding hydrogens is 483 g/mol. The first-order valence-electron chi connectivity index (χ1n) is 10.2. The third kappa shape index (κ3) is 6.15. The summed E-state index contributed by atoms with van der Waals surface area (Å²) < 4.78 is 56.0. The standard InChI is InChI=1S/C22H25ClF3NO7/c1-4-34-21(31)18-15(10-33-9-12(29)8-28)27-11(2)16(20(30)32-3)17(18)13-6-5-7-14(19(13)23)22(24,25)26/h5-7,12,16-17,28-29H,4,8-10H2,1-3H3. The predicted molar refractivity (Wildman–Crippen MR) is 115 cm³/mol. The highest BCUT2D eigenvalue weighted by Gasteiger charge is 2.45. The molecule has 1 heterocycles. The molecule has 0 saturated heterocycles. The maximum absolute atomic E-state index is 13.6. The zero-order valence-electron chi connectivity index (χ0n) is 18.7. The fraction of sp³-hybridized carbons (Fsp3) is 0.500. The Morgan fingerprint density at radius 3 is 2.53 bits per heavy atom. The second-order valence-corrected chi connectivity index (χ2v) is 7.75. The van der Waals surface area contributed by atoms with Crippen LogP contribution in [0.15, 0.2) is 34.5 Å². The largest absolute Gasteiger partial charge is 0.468 e. The number of aliphatic hydroxyl groups excluding tert-OH is 2. The van der Waals surface area contributed by atoms with Gasteiger partial charge in [0.2, 0.25) is 0 Å². The number of rotatable bonds is 9. The highest BCUT2D eigenvalue weighted by Crippen LogP contribution is 2.46. The highest BCUT2D eigenvalue weighted by atomic mass is 35.5. The minimum Gasteiger partial charge on any atom is -0.468 e. The van der Waals surface area contributed by atoms with Gasteiger partial charge >= 0.3 is 18.1 Å². The van der Waals surface area contributed by atoms with Crippen molar-refractivity contribution < 1.29 is 47.2 Å². The Kier molecular flexibility index (Phi) is 9.63. The van der Waals surface area contributed by atoms with Crippen LogP contribution in [0.3, 0.4) is 0 Å². The van der Waals surface area contributed by atoms with Crippen LogP contribution >= 0.6 is 11.6 Å². The van der Waals surface area contributed by atoms with Gasteiger partial charge in [-0.1, -0.05) is 23.7 Å². The summed E-state index contributed by atoms with van der Waals surface area (Å²) in [5, 5.41) is 17.8. The number of benzene rings is 1. The van der Waals surface area contributed by atoms with Crippen molar-refractivity contribution in [1.29, 1.82) is 0 Å². The SMILES string of the molecule is CCOC(=O)C1=C(COCC(O)CO)N=C(C)C(C(=O)OC)C1c1cccc(C(F)(F)F)c1Cl. The summed E-state index contributed by atoms with van der Waals surface area (Å²) in [6.07, 6.45) is -5.98. The van der Waals surface area contributed by atoms with Crippen LogP contribution in [0, 0.1) is 5.92 Å². The summed E-state index contributed by atoms with van der Waals surface area (Å²) >= 11 is 6.17. The molecule has 0 bridgehead atoms. The van der Waals surface area contributed by atoms with Gasteiger partial charge in [0, 0.05) is 11.6 Å². The molecule has 34 heavy (non-hydrogen) atoms. The zero-order valence-corrected chi connectivity index (χ0v) is 19.4. The van der Waals surface area contributed by atoms with E-state index in [0.717, 1.165) is 19.2 Å². The van der Waals surface area contributed by atoms with Gasteiger partial charge in [-0.3, -0.25) is 9.79 Å². The van der Waals surface area contributed by atoms with Crippen LogP contribution in [-0.2, 0) is 30.0 Å². The van der Waals surface area contributed by atoms with Crippen LogP contribution in [0.25, 0.3) is 0 Å². The van der Waals surface area contributed by atoms with E-state index in [1.54, 1.807) is 0 Å². The van der Waals surface area contributed by atoms with E-state index in [2.05, 4.69) is 4.99 Å². The van der Waals surface area contributed by atoms with Gasteiger partial charge in [-0.15, -0.1) is 0 Å². The first kappa shape index (κ1) is 27.8. The average Bonchev–Trinajstić information content (AvgIpc) is 2.77. The predicted octanol–water partition coefficient (Wildman–Crippen LogP) is 2.89. The number of esters is 2. The van der Waals surface area contributed by atoms with Crippen LogP contribution in [0.5, 0.6) is 0 Å². The van der Waals surface area contributed by atoms with Gasteiger partial charge in [0.1, 0.15) is 12.0 Å². The first-order chi connectivity index (χ1) is 16.0. The molecule has 0 fully saturated rings. The fourth-order valence-electron chi connectivity index (χ4n) is 3.62. The Bertz CT molecular complexity index is 978. The minimum absolute atomic E-state index is 0.0141. The summed E-state index contributed by atoms with van der Waals surface area (Å²) in [4.78, 5) is 30.0. The van der Waals surface area contributed by atoms with Crippen molar-refractivity contribution in [3.05, 3.63) is 45.6 Å². The number of carbonyl (C=O) groups excluding carboxylic acids is 2. The van der Waals surface area contributed by atoms with E-state index in [4.69, 9.17) is 30.9 Å². The summed E-state index contributed by atoms with van der Waals surface area (Å²) in [5.41, 5.74) is -1.36. The maximum atomic E-state index is 13.6. The lowest BCUT2D eigenvalue weighted by atomic mass is 9.75. The Morgan fingerprint density at radius 2 is 1.97 bits per heavy atom. The maximum Gasteiger partial charge on any atom is 0.417 e. The van der Waals surface area contributed by atoms with Crippen molar-refractivity contribution in [3.8, 4) is 0 Å². The number of ether oxygens (including phenoxy) is 3. The number of nitrogens with zero attached hydrogens (tertiary/aromatic N) is 1. The topological polar surface area (TPSA) is 115 Å². The highest BCUT2D eigenvalue weighted by molar-refractivity contribution is 6.32. The average molecular weight is 508 g/mol. The number of carbonyl (C=O) groups is 2. The van der Waals surface area contributed by atoms with E-state index < -0.39 is 53.2 Å². The third-order valence-electron chi connectivity index (χ3n) is 5.10. The zero-order chi connectivity index (χ0) is 25.6. The monoisotopic (exact) mass is 507 g/mol. The third-order valence-corrected chi connectivity index (χ3v) is 5.52. The molecule has 188 valence electrons. The van der Waals surface area contributed by atoms with Gasteiger partial charge in [-0.2, -0.15) is 13.2 Å². The number of methoxy groups -OCH3 is 1. The van der Waals surface area contributed by atoms with Crippen LogP contribution in [-0.4, -0.2) is 67.5 Å². The molecule has 12 heteroatoms.